The van der Waals surface area contributed by atoms with Crippen molar-refractivity contribution in [1.29, 1.82) is 0 Å². The van der Waals surface area contributed by atoms with E-state index in [2.05, 4.69) is 4.74 Å². The van der Waals surface area contributed by atoms with E-state index in [-0.39, 0.29) is 19.1 Å². The maximum absolute atomic E-state index is 10.8. The van der Waals surface area contributed by atoms with Crippen molar-refractivity contribution < 1.29 is 19.2 Å². The van der Waals surface area contributed by atoms with Crippen LogP contribution in [0.15, 0.2) is 18.7 Å². The summed E-state index contributed by atoms with van der Waals surface area (Å²) < 4.78 is 8.00. The molecule has 13 heavy (non-hydrogen) atoms. The number of methoxy groups -OCH3 is 1. The minimum Gasteiger partial charge on any atom is -0.466 e. The van der Waals surface area contributed by atoms with Gasteiger partial charge in [-0.1, -0.05) is 0 Å². The second-order valence-corrected chi connectivity index (χ2v) is 2.62. The quantitative estimate of drug-likeness (QED) is 0.480. The lowest BCUT2D eigenvalue weighted by Gasteiger charge is -1.93. The first-order valence-electron chi connectivity index (χ1n) is 3.98. The zero-order valence-electron chi connectivity index (χ0n) is 7.51. The zero-order chi connectivity index (χ0) is 9.68. The summed E-state index contributed by atoms with van der Waals surface area (Å²) in [5.41, 5.74) is 0. The molecule has 0 saturated heterocycles. The Balaban J connectivity index is 2.53. The van der Waals surface area contributed by atoms with Crippen LogP contribution >= 0.6 is 0 Å². The molecule has 1 aromatic heterocycles. The number of aliphatic hydroxyl groups is 1. The first kappa shape index (κ1) is 9.73. The van der Waals surface area contributed by atoms with E-state index in [4.69, 9.17) is 5.11 Å². The SMILES string of the molecule is COC(=O)C[n+]1ccn(CCO)c1. The van der Waals surface area contributed by atoms with E-state index in [1.54, 1.807) is 27.9 Å². The summed E-state index contributed by atoms with van der Waals surface area (Å²) in [5.74, 6) is -0.285. The summed E-state index contributed by atoms with van der Waals surface area (Å²) in [5, 5.41) is 8.64. The van der Waals surface area contributed by atoms with Gasteiger partial charge in [0.25, 0.3) is 0 Å². The molecule has 0 saturated carbocycles. The van der Waals surface area contributed by atoms with Crippen LogP contribution in [0.5, 0.6) is 0 Å². The van der Waals surface area contributed by atoms with Crippen molar-refractivity contribution in [2.45, 2.75) is 13.1 Å². The predicted octanol–water partition coefficient (Wildman–Crippen LogP) is -1.06. The van der Waals surface area contributed by atoms with Crippen molar-refractivity contribution in [2.24, 2.45) is 0 Å². The fourth-order valence-corrected chi connectivity index (χ4v) is 0.994. The molecule has 0 fully saturated rings. The molecule has 72 valence electrons. The standard InChI is InChI=1S/C8H13N2O3/c1-13-8(12)6-10-3-2-9(7-10)4-5-11/h2-3,7,11H,4-6H2,1H3/q+1. The Morgan fingerprint density at radius 2 is 2.46 bits per heavy atom. The first-order chi connectivity index (χ1) is 6.26. The fraction of sp³-hybridized carbons (Fsp3) is 0.500. The number of rotatable bonds is 4. The van der Waals surface area contributed by atoms with Crippen molar-refractivity contribution in [3.05, 3.63) is 18.7 Å². The van der Waals surface area contributed by atoms with Crippen LogP contribution in [0.3, 0.4) is 0 Å². The molecule has 1 heterocycles. The number of hydrogen-bond donors (Lipinski definition) is 1. The Morgan fingerprint density at radius 1 is 1.69 bits per heavy atom. The zero-order valence-corrected chi connectivity index (χ0v) is 7.51. The lowest BCUT2D eigenvalue weighted by molar-refractivity contribution is -0.685. The number of ether oxygens (including phenoxy) is 1. The Labute approximate surface area is 76.2 Å². The van der Waals surface area contributed by atoms with Gasteiger partial charge < -0.3 is 9.84 Å². The van der Waals surface area contributed by atoms with Crippen molar-refractivity contribution >= 4 is 5.97 Å². The van der Waals surface area contributed by atoms with Crippen molar-refractivity contribution in [1.82, 2.24) is 4.57 Å². The summed E-state index contributed by atoms with van der Waals surface area (Å²) >= 11 is 0. The number of imidazole rings is 1. The van der Waals surface area contributed by atoms with Crippen LogP contribution < -0.4 is 4.57 Å². The number of nitrogens with zero attached hydrogens (tertiary/aromatic N) is 2. The van der Waals surface area contributed by atoms with E-state index in [0.29, 0.717) is 6.54 Å². The molecule has 5 heteroatoms. The minimum absolute atomic E-state index is 0.0902. The number of carbonyl (C=O) groups excluding carboxylic acids is 1. The van der Waals surface area contributed by atoms with Crippen LogP contribution in [0.4, 0.5) is 0 Å². The van der Waals surface area contributed by atoms with Crippen LogP contribution in [-0.2, 0) is 22.6 Å². The van der Waals surface area contributed by atoms with Gasteiger partial charge in [-0.3, -0.25) is 0 Å². The molecular weight excluding hydrogens is 172 g/mol. The number of aliphatic hydroxyl groups excluding tert-OH is 1. The van der Waals surface area contributed by atoms with Crippen molar-refractivity contribution in [2.75, 3.05) is 13.7 Å². The van der Waals surface area contributed by atoms with E-state index in [1.165, 1.54) is 7.11 Å². The van der Waals surface area contributed by atoms with Gasteiger partial charge in [0, 0.05) is 0 Å². The molecule has 0 bridgehead atoms. The van der Waals surface area contributed by atoms with Crippen LogP contribution in [-0.4, -0.2) is 29.4 Å². The second-order valence-electron chi connectivity index (χ2n) is 2.62. The summed E-state index contributed by atoms with van der Waals surface area (Å²) in [7, 11) is 1.35. The molecular formula is C8H13N2O3+. The molecule has 0 unspecified atom stereocenters. The summed E-state index contributed by atoms with van der Waals surface area (Å²) in [6.07, 6.45) is 5.29. The van der Waals surface area contributed by atoms with Crippen molar-refractivity contribution in [3.63, 3.8) is 0 Å². The molecule has 0 spiro atoms. The average Bonchev–Trinajstić information content (AvgIpc) is 2.53. The first-order valence-corrected chi connectivity index (χ1v) is 3.98. The third-order valence-electron chi connectivity index (χ3n) is 1.64. The molecule has 0 aliphatic rings. The van der Waals surface area contributed by atoms with Gasteiger partial charge in [-0.05, 0) is 0 Å². The normalized spacial score (nSPS) is 10.0. The highest BCUT2D eigenvalue weighted by molar-refractivity contribution is 5.67. The highest BCUT2D eigenvalue weighted by Gasteiger charge is 2.07. The maximum Gasteiger partial charge on any atom is 0.348 e. The van der Waals surface area contributed by atoms with Gasteiger partial charge >= 0.3 is 5.97 Å². The van der Waals surface area contributed by atoms with E-state index in [1.807, 2.05) is 0 Å². The number of carbonyl (C=O) groups is 1. The van der Waals surface area contributed by atoms with Crippen LogP contribution in [0.25, 0.3) is 0 Å². The monoisotopic (exact) mass is 185 g/mol. The number of esters is 1. The summed E-state index contributed by atoms with van der Waals surface area (Å²) in [6, 6.07) is 0. The van der Waals surface area contributed by atoms with Gasteiger partial charge in [0.05, 0.1) is 13.7 Å². The Morgan fingerprint density at radius 3 is 3.08 bits per heavy atom. The van der Waals surface area contributed by atoms with E-state index >= 15 is 0 Å². The van der Waals surface area contributed by atoms with Crippen LogP contribution in [0.1, 0.15) is 0 Å². The molecule has 1 aromatic rings. The predicted molar refractivity (Wildman–Crippen MR) is 43.7 cm³/mol. The van der Waals surface area contributed by atoms with E-state index < -0.39 is 0 Å². The van der Waals surface area contributed by atoms with Gasteiger partial charge in [-0.15, -0.1) is 0 Å². The van der Waals surface area contributed by atoms with E-state index in [9.17, 15) is 4.79 Å². The van der Waals surface area contributed by atoms with Gasteiger partial charge in [-0.25, -0.2) is 13.9 Å². The molecule has 0 aliphatic carbocycles. The summed E-state index contributed by atoms with van der Waals surface area (Å²) in [4.78, 5) is 10.8. The molecule has 0 atom stereocenters. The average molecular weight is 185 g/mol. The fourth-order valence-electron chi connectivity index (χ4n) is 0.994. The third kappa shape index (κ3) is 2.87. The van der Waals surface area contributed by atoms with Crippen LogP contribution in [0.2, 0.25) is 0 Å². The molecule has 0 amide bonds. The molecule has 0 radical (unpaired) electrons. The maximum atomic E-state index is 10.8. The van der Waals surface area contributed by atoms with Gasteiger partial charge in [-0.2, -0.15) is 0 Å². The molecule has 0 aliphatic heterocycles. The third-order valence-corrected chi connectivity index (χ3v) is 1.64. The molecule has 1 rings (SSSR count). The van der Waals surface area contributed by atoms with E-state index in [0.717, 1.165) is 0 Å². The molecule has 5 nitrogen and oxygen atoms in total. The summed E-state index contributed by atoms with van der Waals surface area (Å²) in [6.45, 7) is 0.829. The topological polar surface area (TPSA) is 55.3 Å². The smallest absolute Gasteiger partial charge is 0.348 e. The lowest BCUT2D eigenvalue weighted by atomic mass is 10.6. The highest BCUT2D eigenvalue weighted by atomic mass is 16.5. The van der Waals surface area contributed by atoms with Gasteiger partial charge in [0.15, 0.2) is 6.54 Å². The van der Waals surface area contributed by atoms with Crippen molar-refractivity contribution in [3.8, 4) is 0 Å². The lowest BCUT2D eigenvalue weighted by Crippen LogP contribution is -2.36. The largest absolute Gasteiger partial charge is 0.466 e. The van der Waals surface area contributed by atoms with Gasteiger partial charge in [0.1, 0.15) is 18.9 Å². The highest BCUT2D eigenvalue weighted by Crippen LogP contribution is 1.84. The number of aromatic nitrogens is 2. The Hall–Kier alpha value is -1.36. The molecule has 0 aromatic carbocycles. The minimum atomic E-state index is -0.285. The van der Waals surface area contributed by atoms with Gasteiger partial charge in [0.2, 0.25) is 6.33 Å². The Kier molecular flexibility index (Phi) is 3.45. The van der Waals surface area contributed by atoms with Crippen LogP contribution in [0, 0.1) is 0 Å². The second kappa shape index (κ2) is 4.61. The Bertz CT molecular complexity index is 283. The molecule has 1 N–H and O–H groups in total. The number of hydrogen-bond acceptors (Lipinski definition) is 3.